The zero-order valence-corrected chi connectivity index (χ0v) is 19.7. The summed E-state index contributed by atoms with van der Waals surface area (Å²) in [5.41, 5.74) is 5.00. The fraction of sp³-hybridized carbons (Fsp3) is 0.500. The summed E-state index contributed by atoms with van der Waals surface area (Å²) in [6, 6.07) is 12.9. The lowest BCUT2D eigenvalue weighted by atomic mass is 9.87. The Morgan fingerprint density at radius 1 is 1.10 bits per heavy atom. The molecule has 2 aromatic rings. The van der Waals surface area contributed by atoms with Crippen LogP contribution in [0.4, 0.5) is 0 Å². The number of rotatable bonds is 8. The molecular weight excluding hydrogens is 388 g/mol. The lowest BCUT2D eigenvalue weighted by Crippen LogP contribution is -2.47. The molecule has 1 amide bonds. The molecule has 0 aromatic heterocycles. The normalized spacial score (nSPS) is 17.2. The van der Waals surface area contributed by atoms with Gasteiger partial charge in [-0.2, -0.15) is 0 Å². The lowest BCUT2D eigenvalue weighted by molar-refractivity contribution is -0.122. The zero-order chi connectivity index (χ0) is 22.5. The first-order chi connectivity index (χ1) is 14.8. The largest absolute Gasteiger partial charge is 0.493 e. The van der Waals surface area contributed by atoms with E-state index in [1.165, 1.54) is 22.3 Å². The van der Waals surface area contributed by atoms with E-state index in [4.69, 9.17) is 9.47 Å². The molecular formula is C26H36N2O3. The zero-order valence-electron chi connectivity index (χ0n) is 19.7. The predicted octanol–water partition coefficient (Wildman–Crippen LogP) is 4.66. The molecule has 1 heterocycles. The Hall–Kier alpha value is -2.53. The van der Waals surface area contributed by atoms with Gasteiger partial charge >= 0.3 is 0 Å². The van der Waals surface area contributed by atoms with Crippen molar-refractivity contribution >= 4 is 5.91 Å². The van der Waals surface area contributed by atoms with Crippen molar-refractivity contribution in [3.8, 4) is 11.5 Å². The molecule has 1 N–H and O–H groups in total. The highest BCUT2D eigenvalue weighted by molar-refractivity contribution is 5.76. The van der Waals surface area contributed by atoms with Gasteiger partial charge in [-0.1, -0.05) is 43.7 Å². The van der Waals surface area contributed by atoms with Crippen molar-refractivity contribution in [2.45, 2.75) is 59.2 Å². The number of carbonyl (C=O) groups is 1. The molecule has 0 spiro atoms. The van der Waals surface area contributed by atoms with E-state index in [0.717, 1.165) is 31.0 Å². The van der Waals surface area contributed by atoms with Crippen LogP contribution in [0, 0.1) is 12.8 Å². The van der Waals surface area contributed by atoms with Crippen molar-refractivity contribution in [2.24, 2.45) is 5.92 Å². The average molecular weight is 425 g/mol. The Bertz CT molecular complexity index is 892. The number of hydrogen-bond donors (Lipinski definition) is 1. The van der Waals surface area contributed by atoms with Crippen molar-refractivity contribution in [3.63, 3.8) is 0 Å². The first kappa shape index (κ1) is 23.1. The van der Waals surface area contributed by atoms with Crippen molar-refractivity contribution in [3.05, 3.63) is 58.7 Å². The minimum Gasteiger partial charge on any atom is -0.493 e. The molecule has 5 nitrogen and oxygen atoms in total. The second-order valence-electron chi connectivity index (χ2n) is 9.01. The number of amides is 1. The standard InChI is InChI=1S/C26H36N2O3/c1-17(2)13-25(29)27-19(4)26-22-15-24(31-6)23(30-5)14-21(22)11-12-28(26)16-20-9-7-18(3)8-10-20/h7-10,14-15,17,19,26H,11-13,16H2,1-6H3,(H,27,29)/t19-,26-/m0/s1. The van der Waals surface area contributed by atoms with E-state index in [0.29, 0.717) is 12.3 Å². The second-order valence-corrected chi connectivity index (χ2v) is 9.01. The third-order valence-electron chi connectivity index (χ3n) is 5.99. The molecule has 2 atom stereocenters. The van der Waals surface area contributed by atoms with Gasteiger partial charge in [-0.05, 0) is 55.0 Å². The molecule has 2 aromatic carbocycles. The van der Waals surface area contributed by atoms with Crippen LogP contribution in [-0.4, -0.2) is 37.6 Å². The van der Waals surface area contributed by atoms with E-state index in [2.05, 4.69) is 74.3 Å². The maximum Gasteiger partial charge on any atom is 0.220 e. The van der Waals surface area contributed by atoms with Gasteiger partial charge in [-0.15, -0.1) is 0 Å². The van der Waals surface area contributed by atoms with Crippen LogP contribution in [0.2, 0.25) is 0 Å². The Morgan fingerprint density at radius 2 is 1.74 bits per heavy atom. The number of methoxy groups -OCH3 is 2. The van der Waals surface area contributed by atoms with Crippen molar-refractivity contribution in [1.29, 1.82) is 0 Å². The summed E-state index contributed by atoms with van der Waals surface area (Å²) in [6.45, 7) is 10.1. The van der Waals surface area contributed by atoms with Crippen LogP contribution in [0.3, 0.4) is 0 Å². The maximum atomic E-state index is 12.6. The van der Waals surface area contributed by atoms with E-state index in [-0.39, 0.29) is 18.0 Å². The molecule has 0 saturated heterocycles. The summed E-state index contributed by atoms with van der Waals surface area (Å²) in [5, 5.41) is 3.26. The number of carbonyl (C=O) groups excluding carboxylic acids is 1. The summed E-state index contributed by atoms with van der Waals surface area (Å²) in [6.07, 6.45) is 1.47. The number of hydrogen-bond acceptors (Lipinski definition) is 4. The smallest absolute Gasteiger partial charge is 0.220 e. The van der Waals surface area contributed by atoms with E-state index < -0.39 is 0 Å². The van der Waals surface area contributed by atoms with Crippen molar-refractivity contribution < 1.29 is 14.3 Å². The third-order valence-corrected chi connectivity index (χ3v) is 5.99. The molecule has 0 aliphatic carbocycles. The topological polar surface area (TPSA) is 50.8 Å². The molecule has 168 valence electrons. The van der Waals surface area contributed by atoms with E-state index in [9.17, 15) is 4.79 Å². The molecule has 5 heteroatoms. The third kappa shape index (κ3) is 5.59. The Labute approximate surface area is 186 Å². The van der Waals surface area contributed by atoms with Gasteiger partial charge in [0, 0.05) is 25.6 Å². The van der Waals surface area contributed by atoms with Gasteiger partial charge in [0.2, 0.25) is 5.91 Å². The van der Waals surface area contributed by atoms with Crippen LogP contribution in [0.5, 0.6) is 11.5 Å². The predicted molar refractivity (Wildman–Crippen MR) is 125 cm³/mol. The summed E-state index contributed by atoms with van der Waals surface area (Å²) in [5.74, 6) is 1.91. The molecule has 0 radical (unpaired) electrons. The fourth-order valence-electron chi connectivity index (χ4n) is 4.48. The van der Waals surface area contributed by atoms with Crippen molar-refractivity contribution in [1.82, 2.24) is 10.2 Å². The van der Waals surface area contributed by atoms with Crippen LogP contribution >= 0.6 is 0 Å². The lowest BCUT2D eigenvalue weighted by Gasteiger charge is -2.41. The number of fused-ring (bicyclic) bond motifs is 1. The first-order valence-corrected chi connectivity index (χ1v) is 11.2. The van der Waals surface area contributed by atoms with Crippen molar-refractivity contribution in [2.75, 3.05) is 20.8 Å². The number of nitrogens with zero attached hydrogens (tertiary/aromatic N) is 1. The summed E-state index contributed by atoms with van der Waals surface area (Å²) < 4.78 is 11.1. The second kappa shape index (κ2) is 10.2. The fourth-order valence-corrected chi connectivity index (χ4v) is 4.48. The number of aryl methyl sites for hydroxylation is 1. The van der Waals surface area contributed by atoms with Crippen LogP contribution in [-0.2, 0) is 17.8 Å². The monoisotopic (exact) mass is 424 g/mol. The Kier molecular flexibility index (Phi) is 7.60. The molecule has 0 saturated carbocycles. The van der Waals surface area contributed by atoms with E-state index >= 15 is 0 Å². The van der Waals surface area contributed by atoms with Gasteiger partial charge in [0.15, 0.2) is 11.5 Å². The maximum absolute atomic E-state index is 12.6. The molecule has 1 aliphatic heterocycles. The van der Waals surface area contributed by atoms with Gasteiger partial charge in [-0.25, -0.2) is 0 Å². The molecule has 0 unspecified atom stereocenters. The molecule has 31 heavy (non-hydrogen) atoms. The quantitative estimate of drug-likeness (QED) is 0.669. The number of benzene rings is 2. The first-order valence-electron chi connectivity index (χ1n) is 11.2. The van der Waals surface area contributed by atoms with Crippen LogP contribution < -0.4 is 14.8 Å². The van der Waals surface area contributed by atoms with Gasteiger partial charge < -0.3 is 14.8 Å². The number of nitrogens with one attached hydrogen (secondary N) is 1. The molecule has 0 fully saturated rings. The average Bonchev–Trinajstić information content (AvgIpc) is 2.73. The minimum absolute atomic E-state index is 0.0335. The van der Waals surface area contributed by atoms with Crippen LogP contribution in [0.15, 0.2) is 36.4 Å². The van der Waals surface area contributed by atoms with Gasteiger partial charge in [0.25, 0.3) is 0 Å². The SMILES string of the molecule is COc1cc2c(cc1OC)[C@H]([C@H](C)NC(=O)CC(C)C)N(Cc1ccc(C)cc1)CC2. The highest BCUT2D eigenvalue weighted by Crippen LogP contribution is 2.40. The summed E-state index contributed by atoms with van der Waals surface area (Å²) >= 11 is 0. The highest BCUT2D eigenvalue weighted by atomic mass is 16.5. The van der Waals surface area contributed by atoms with Gasteiger partial charge in [-0.3, -0.25) is 9.69 Å². The molecule has 0 bridgehead atoms. The summed E-state index contributed by atoms with van der Waals surface area (Å²) in [7, 11) is 3.34. The van der Waals surface area contributed by atoms with Crippen LogP contribution in [0.25, 0.3) is 0 Å². The van der Waals surface area contributed by atoms with E-state index in [1.807, 2.05) is 0 Å². The molecule has 3 rings (SSSR count). The van der Waals surface area contributed by atoms with Gasteiger partial charge in [0.05, 0.1) is 20.3 Å². The van der Waals surface area contributed by atoms with E-state index in [1.54, 1.807) is 14.2 Å². The Balaban J connectivity index is 1.95. The Morgan fingerprint density at radius 3 is 2.35 bits per heavy atom. The summed E-state index contributed by atoms with van der Waals surface area (Å²) in [4.78, 5) is 15.0. The number of ether oxygens (including phenoxy) is 2. The van der Waals surface area contributed by atoms with Crippen LogP contribution in [0.1, 0.15) is 55.5 Å². The highest BCUT2D eigenvalue weighted by Gasteiger charge is 2.33. The molecule has 1 aliphatic rings. The van der Waals surface area contributed by atoms with Gasteiger partial charge in [0.1, 0.15) is 0 Å². The minimum atomic E-state index is -0.0335.